The molecule has 0 saturated carbocycles. The van der Waals surface area contributed by atoms with Crippen LogP contribution in [0.5, 0.6) is 0 Å². The maximum absolute atomic E-state index is 8.74. The van der Waals surface area contributed by atoms with Crippen LogP contribution in [-0.2, 0) is 6.42 Å². The minimum absolute atomic E-state index is 0.259. The molecule has 0 aliphatic heterocycles. The topological polar surface area (TPSA) is 45.1 Å². The lowest BCUT2D eigenvalue weighted by atomic mass is 9.92. The van der Waals surface area contributed by atoms with Gasteiger partial charge in [0.15, 0.2) is 0 Å². The van der Waals surface area contributed by atoms with E-state index in [2.05, 4.69) is 16.4 Å². The van der Waals surface area contributed by atoms with Gasteiger partial charge in [-0.3, -0.25) is 4.98 Å². The van der Waals surface area contributed by atoms with Crippen molar-refractivity contribution in [3.05, 3.63) is 29.6 Å². The van der Waals surface area contributed by atoms with E-state index in [9.17, 15) is 0 Å². The maximum atomic E-state index is 8.74. The molecule has 0 fully saturated rings. The molecule has 0 saturated heterocycles. The third-order valence-electron chi connectivity index (χ3n) is 2.92. The highest BCUT2D eigenvalue weighted by molar-refractivity contribution is 5.25. The smallest absolute Gasteiger partial charge is 0.0605 e. The van der Waals surface area contributed by atoms with Crippen LogP contribution in [0.25, 0.3) is 0 Å². The maximum Gasteiger partial charge on any atom is 0.0605 e. The van der Waals surface area contributed by atoms with Crippen molar-refractivity contribution >= 4 is 0 Å². The molecule has 0 spiro atoms. The largest absolute Gasteiger partial charge is 0.396 e. The molecule has 2 N–H and O–H groups in total. The fourth-order valence-corrected chi connectivity index (χ4v) is 2.16. The van der Waals surface area contributed by atoms with Crippen molar-refractivity contribution in [2.75, 3.05) is 13.2 Å². The summed E-state index contributed by atoms with van der Waals surface area (Å²) in [4.78, 5) is 4.45. The van der Waals surface area contributed by atoms with E-state index in [4.69, 9.17) is 5.11 Å². The van der Waals surface area contributed by atoms with Gasteiger partial charge in [-0.25, -0.2) is 0 Å². The summed E-state index contributed by atoms with van der Waals surface area (Å²) >= 11 is 0. The predicted octanol–water partition coefficient (Wildman–Crippen LogP) is 1.43. The Morgan fingerprint density at radius 1 is 1.53 bits per heavy atom. The highest BCUT2D eigenvalue weighted by Crippen LogP contribution is 2.27. The van der Waals surface area contributed by atoms with Crippen molar-refractivity contribution in [3.8, 4) is 0 Å². The molecule has 1 atom stereocenters. The number of aryl methyl sites for hydroxylation is 1. The van der Waals surface area contributed by atoms with Gasteiger partial charge < -0.3 is 10.4 Å². The Morgan fingerprint density at radius 3 is 3.33 bits per heavy atom. The van der Waals surface area contributed by atoms with Crippen LogP contribution < -0.4 is 5.32 Å². The second-order valence-corrected chi connectivity index (χ2v) is 4.02. The van der Waals surface area contributed by atoms with E-state index in [0.29, 0.717) is 6.04 Å². The van der Waals surface area contributed by atoms with Gasteiger partial charge in [-0.05, 0) is 43.9 Å². The molecular weight excluding hydrogens is 188 g/mol. The normalized spacial score (nSPS) is 19.9. The van der Waals surface area contributed by atoms with Crippen molar-refractivity contribution in [1.82, 2.24) is 10.3 Å². The van der Waals surface area contributed by atoms with Crippen LogP contribution in [0.4, 0.5) is 0 Å². The molecule has 15 heavy (non-hydrogen) atoms. The molecule has 1 unspecified atom stereocenters. The average molecular weight is 206 g/mol. The van der Waals surface area contributed by atoms with Crippen molar-refractivity contribution < 1.29 is 5.11 Å². The number of hydrogen-bond acceptors (Lipinski definition) is 3. The number of aliphatic hydroxyl groups excluding tert-OH is 1. The highest BCUT2D eigenvalue weighted by Gasteiger charge is 2.19. The first-order chi connectivity index (χ1) is 7.42. The number of pyridine rings is 1. The molecule has 2 rings (SSSR count). The first-order valence-electron chi connectivity index (χ1n) is 5.70. The Hall–Kier alpha value is -0.930. The van der Waals surface area contributed by atoms with Crippen LogP contribution in [0.1, 0.15) is 36.6 Å². The van der Waals surface area contributed by atoms with Gasteiger partial charge in [-0.2, -0.15) is 0 Å². The molecule has 0 bridgehead atoms. The molecule has 0 radical (unpaired) electrons. The number of fused-ring (bicyclic) bond motifs is 1. The zero-order valence-corrected chi connectivity index (χ0v) is 8.95. The zero-order valence-electron chi connectivity index (χ0n) is 8.95. The lowest BCUT2D eigenvalue weighted by molar-refractivity contribution is 0.281. The number of hydrogen-bond donors (Lipinski definition) is 2. The van der Waals surface area contributed by atoms with E-state index in [0.717, 1.165) is 25.8 Å². The fraction of sp³-hybridized carbons (Fsp3) is 0.583. The molecule has 1 aliphatic rings. The lowest BCUT2D eigenvalue weighted by Gasteiger charge is -2.25. The van der Waals surface area contributed by atoms with Crippen LogP contribution in [0, 0.1) is 0 Å². The van der Waals surface area contributed by atoms with Gasteiger partial charge in [0.25, 0.3) is 0 Å². The van der Waals surface area contributed by atoms with E-state index < -0.39 is 0 Å². The number of nitrogens with zero attached hydrogens (tertiary/aromatic N) is 1. The van der Waals surface area contributed by atoms with Gasteiger partial charge in [0.05, 0.1) is 5.69 Å². The molecule has 1 aliphatic carbocycles. The van der Waals surface area contributed by atoms with Crippen molar-refractivity contribution in [3.63, 3.8) is 0 Å². The zero-order chi connectivity index (χ0) is 10.5. The monoisotopic (exact) mass is 206 g/mol. The van der Waals surface area contributed by atoms with Gasteiger partial charge in [-0.1, -0.05) is 6.07 Å². The third kappa shape index (κ3) is 2.55. The van der Waals surface area contributed by atoms with Crippen molar-refractivity contribution in [1.29, 1.82) is 0 Å². The van der Waals surface area contributed by atoms with Gasteiger partial charge in [-0.15, -0.1) is 0 Å². The second-order valence-electron chi connectivity index (χ2n) is 4.02. The quantitative estimate of drug-likeness (QED) is 0.733. The van der Waals surface area contributed by atoms with E-state index >= 15 is 0 Å². The molecule has 3 heteroatoms. The van der Waals surface area contributed by atoms with Crippen molar-refractivity contribution in [2.24, 2.45) is 0 Å². The van der Waals surface area contributed by atoms with Crippen LogP contribution in [0.2, 0.25) is 0 Å². The summed E-state index contributed by atoms with van der Waals surface area (Å²) in [5, 5.41) is 12.2. The Labute approximate surface area is 90.5 Å². The summed E-state index contributed by atoms with van der Waals surface area (Å²) in [6.45, 7) is 1.13. The van der Waals surface area contributed by atoms with Crippen LogP contribution in [0.3, 0.4) is 0 Å². The van der Waals surface area contributed by atoms with Gasteiger partial charge >= 0.3 is 0 Å². The standard InChI is InChI=1S/C12H18N2O/c15-9-3-8-13-11-6-1-4-10-5-2-7-14-12(10)11/h2,5,7,11,13,15H,1,3-4,6,8-9H2. The molecule has 0 aromatic carbocycles. The molecular formula is C12H18N2O. The summed E-state index contributed by atoms with van der Waals surface area (Å²) in [5.41, 5.74) is 2.59. The van der Waals surface area contributed by atoms with E-state index in [-0.39, 0.29) is 6.61 Å². The fourth-order valence-electron chi connectivity index (χ4n) is 2.16. The predicted molar refractivity (Wildman–Crippen MR) is 59.6 cm³/mol. The summed E-state index contributed by atoms with van der Waals surface area (Å²) in [6, 6.07) is 4.57. The molecule has 82 valence electrons. The number of aliphatic hydroxyl groups is 1. The first kappa shape index (κ1) is 10.6. The molecule has 3 nitrogen and oxygen atoms in total. The summed E-state index contributed by atoms with van der Waals surface area (Å²) in [5.74, 6) is 0. The highest BCUT2D eigenvalue weighted by atomic mass is 16.3. The first-order valence-corrected chi connectivity index (χ1v) is 5.70. The van der Waals surface area contributed by atoms with E-state index in [1.54, 1.807) is 0 Å². The minimum atomic E-state index is 0.259. The summed E-state index contributed by atoms with van der Waals surface area (Å²) < 4.78 is 0. The number of nitrogens with one attached hydrogen (secondary N) is 1. The molecule has 0 amide bonds. The van der Waals surface area contributed by atoms with Crippen molar-refractivity contribution in [2.45, 2.75) is 31.7 Å². The van der Waals surface area contributed by atoms with E-state index in [1.807, 2.05) is 12.3 Å². The lowest BCUT2D eigenvalue weighted by Crippen LogP contribution is -2.27. The molecule has 1 aromatic heterocycles. The summed E-state index contributed by atoms with van der Waals surface area (Å²) in [6.07, 6.45) is 6.23. The minimum Gasteiger partial charge on any atom is -0.396 e. The number of aromatic nitrogens is 1. The van der Waals surface area contributed by atoms with Gasteiger partial charge in [0.2, 0.25) is 0 Å². The second kappa shape index (κ2) is 5.24. The van der Waals surface area contributed by atoms with Gasteiger partial charge in [0.1, 0.15) is 0 Å². The van der Waals surface area contributed by atoms with Gasteiger partial charge in [0, 0.05) is 18.8 Å². The van der Waals surface area contributed by atoms with Crippen LogP contribution in [-0.4, -0.2) is 23.2 Å². The molecule has 1 aromatic rings. The van der Waals surface area contributed by atoms with E-state index in [1.165, 1.54) is 17.7 Å². The average Bonchev–Trinajstić information content (AvgIpc) is 2.30. The Bertz CT molecular complexity index is 314. The Kier molecular flexibility index (Phi) is 3.69. The Morgan fingerprint density at radius 2 is 2.47 bits per heavy atom. The van der Waals surface area contributed by atoms with Crippen LogP contribution >= 0.6 is 0 Å². The summed E-state index contributed by atoms with van der Waals surface area (Å²) in [7, 11) is 0. The SMILES string of the molecule is OCCCNC1CCCc2cccnc21. The van der Waals surface area contributed by atoms with Crippen LogP contribution in [0.15, 0.2) is 18.3 Å². The third-order valence-corrected chi connectivity index (χ3v) is 2.92. The molecule has 1 heterocycles. The number of rotatable bonds is 4. The Balaban J connectivity index is 2.02.